The zero-order valence-electron chi connectivity index (χ0n) is 10.3. The number of nitrogen functional groups attached to an aromatic ring is 1. The lowest BCUT2D eigenvalue weighted by Gasteiger charge is -2.05. The predicted molar refractivity (Wildman–Crippen MR) is 72.3 cm³/mol. The Morgan fingerprint density at radius 2 is 1.88 bits per heavy atom. The van der Waals surface area contributed by atoms with Gasteiger partial charge in [0.2, 0.25) is 0 Å². The van der Waals surface area contributed by atoms with Crippen molar-refractivity contribution in [2.24, 2.45) is 7.05 Å². The summed E-state index contributed by atoms with van der Waals surface area (Å²) in [7, 11) is 1.88. The van der Waals surface area contributed by atoms with E-state index < -0.39 is 0 Å². The van der Waals surface area contributed by atoms with E-state index in [4.69, 9.17) is 5.73 Å². The van der Waals surface area contributed by atoms with Crippen molar-refractivity contribution in [3.8, 4) is 0 Å². The van der Waals surface area contributed by atoms with Gasteiger partial charge < -0.3 is 5.73 Å². The number of nitrogens with two attached hydrogens (primary N) is 1. The second-order valence-electron chi connectivity index (χ2n) is 4.39. The smallest absolute Gasteiger partial charge is 0.146 e. The van der Waals surface area contributed by atoms with E-state index in [1.54, 1.807) is 16.4 Å². The molecule has 90 valence electrons. The number of aromatic nitrogens is 2. The molecule has 0 aliphatic heterocycles. The van der Waals surface area contributed by atoms with Gasteiger partial charge in [-0.3, -0.25) is 4.68 Å². The molecule has 1 aromatic heterocycles. The third kappa shape index (κ3) is 2.82. The van der Waals surface area contributed by atoms with Gasteiger partial charge in [-0.15, -0.1) is 0 Å². The highest BCUT2D eigenvalue weighted by molar-refractivity contribution is 7.99. The first-order valence-electron chi connectivity index (χ1n) is 5.63. The minimum absolute atomic E-state index is 0.564. The van der Waals surface area contributed by atoms with E-state index in [9.17, 15) is 0 Å². The normalized spacial score (nSPS) is 11.1. The standard InChI is InChI=1S/C13H17N3S/c1-9(2)10-4-6-11(7-5-10)17-13-12(14)8-16(3)15-13/h4-9H,14H2,1-3H3. The predicted octanol–water partition coefficient (Wildman–Crippen LogP) is 3.28. The summed E-state index contributed by atoms with van der Waals surface area (Å²) < 4.78 is 1.74. The van der Waals surface area contributed by atoms with Crippen LogP contribution in [0.3, 0.4) is 0 Å². The highest BCUT2D eigenvalue weighted by atomic mass is 32.2. The Morgan fingerprint density at radius 1 is 1.24 bits per heavy atom. The Labute approximate surface area is 106 Å². The van der Waals surface area contributed by atoms with Crippen molar-refractivity contribution in [1.82, 2.24) is 9.78 Å². The van der Waals surface area contributed by atoms with Crippen LogP contribution in [0.2, 0.25) is 0 Å². The number of aryl methyl sites for hydroxylation is 1. The molecule has 0 saturated carbocycles. The molecular formula is C13H17N3S. The quantitative estimate of drug-likeness (QED) is 0.905. The fourth-order valence-corrected chi connectivity index (χ4v) is 2.43. The third-order valence-corrected chi connectivity index (χ3v) is 3.60. The highest BCUT2D eigenvalue weighted by Crippen LogP contribution is 2.31. The average Bonchev–Trinajstić information content (AvgIpc) is 2.58. The molecule has 1 heterocycles. The van der Waals surface area contributed by atoms with Gasteiger partial charge in [0, 0.05) is 18.1 Å². The summed E-state index contributed by atoms with van der Waals surface area (Å²) in [4.78, 5) is 1.17. The summed E-state index contributed by atoms with van der Waals surface area (Å²) in [5.41, 5.74) is 7.94. The first-order chi connectivity index (χ1) is 8.06. The van der Waals surface area contributed by atoms with E-state index in [1.165, 1.54) is 10.5 Å². The molecule has 0 amide bonds. The number of nitrogens with zero attached hydrogens (tertiary/aromatic N) is 2. The van der Waals surface area contributed by atoms with Crippen molar-refractivity contribution < 1.29 is 0 Å². The van der Waals surface area contributed by atoms with Gasteiger partial charge in [0.1, 0.15) is 5.03 Å². The van der Waals surface area contributed by atoms with E-state index in [2.05, 4.69) is 43.2 Å². The van der Waals surface area contributed by atoms with E-state index in [1.807, 2.05) is 13.2 Å². The molecule has 2 rings (SSSR count). The number of benzene rings is 1. The average molecular weight is 247 g/mol. The Kier molecular flexibility index (Phi) is 3.43. The third-order valence-electron chi connectivity index (χ3n) is 2.58. The zero-order chi connectivity index (χ0) is 12.4. The lowest BCUT2D eigenvalue weighted by Crippen LogP contribution is -1.88. The Balaban J connectivity index is 2.16. The summed E-state index contributed by atoms with van der Waals surface area (Å²) in [5.74, 6) is 0.564. The van der Waals surface area contributed by atoms with Crippen molar-refractivity contribution in [3.05, 3.63) is 36.0 Å². The van der Waals surface area contributed by atoms with Gasteiger partial charge in [-0.2, -0.15) is 5.10 Å². The molecule has 17 heavy (non-hydrogen) atoms. The van der Waals surface area contributed by atoms with E-state index in [0.29, 0.717) is 5.92 Å². The maximum atomic E-state index is 5.86. The van der Waals surface area contributed by atoms with Crippen LogP contribution in [-0.4, -0.2) is 9.78 Å². The van der Waals surface area contributed by atoms with Crippen LogP contribution in [-0.2, 0) is 7.05 Å². The SMILES string of the molecule is CC(C)c1ccc(Sc2nn(C)cc2N)cc1. The molecule has 0 aliphatic carbocycles. The number of rotatable bonds is 3. The molecule has 0 radical (unpaired) electrons. The second kappa shape index (κ2) is 4.84. The van der Waals surface area contributed by atoms with Gasteiger partial charge in [0.25, 0.3) is 0 Å². The van der Waals surface area contributed by atoms with E-state index in [0.717, 1.165) is 10.7 Å². The van der Waals surface area contributed by atoms with Gasteiger partial charge in [0.15, 0.2) is 0 Å². The van der Waals surface area contributed by atoms with Gasteiger partial charge in [0.05, 0.1) is 5.69 Å². The fourth-order valence-electron chi connectivity index (χ4n) is 1.60. The first-order valence-corrected chi connectivity index (χ1v) is 6.45. The Hall–Kier alpha value is -1.42. The summed E-state index contributed by atoms with van der Waals surface area (Å²) in [6, 6.07) is 8.56. The van der Waals surface area contributed by atoms with Crippen LogP contribution in [0.5, 0.6) is 0 Å². The maximum absolute atomic E-state index is 5.86. The van der Waals surface area contributed by atoms with Crippen LogP contribution in [0, 0.1) is 0 Å². The van der Waals surface area contributed by atoms with Crippen LogP contribution >= 0.6 is 11.8 Å². The van der Waals surface area contributed by atoms with Crippen LogP contribution in [0.15, 0.2) is 40.4 Å². The van der Waals surface area contributed by atoms with Gasteiger partial charge in [-0.25, -0.2) is 0 Å². The van der Waals surface area contributed by atoms with Crippen LogP contribution in [0.1, 0.15) is 25.3 Å². The van der Waals surface area contributed by atoms with Crippen molar-refractivity contribution in [3.63, 3.8) is 0 Å². The van der Waals surface area contributed by atoms with Gasteiger partial charge >= 0.3 is 0 Å². The van der Waals surface area contributed by atoms with E-state index in [-0.39, 0.29) is 0 Å². The Bertz CT molecular complexity index is 500. The summed E-state index contributed by atoms with van der Waals surface area (Å²) in [5, 5.41) is 5.18. The van der Waals surface area contributed by atoms with Crippen LogP contribution in [0.25, 0.3) is 0 Å². The zero-order valence-corrected chi connectivity index (χ0v) is 11.2. The molecule has 0 atom stereocenters. The summed E-state index contributed by atoms with van der Waals surface area (Å²) in [6.45, 7) is 4.39. The molecule has 3 nitrogen and oxygen atoms in total. The van der Waals surface area contributed by atoms with Crippen LogP contribution < -0.4 is 5.73 Å². The lowest BCUT2D eigenvalue weighted by atomic mass is 10.0. The van der Waals surface area contributed by atoms with Crippen molar-refractivity contribution >= 4 is 17.4 Å². The minimum Gasteiger partial charge on any atom is -0.395 e. The minimum atomic E-state index is 0.564. The molecule has 0 unspecified atom stereocenters. The number of anilines is 1. The second-order valence-corrected chi connectivity index (χ2v) is 5.45. The molecule has 1 aromatic carbocycles. The molecule has 0 fully saturated rings. The molecule has 2 aromatic rings. The Morgan fingerprint density at radius 3 is 2.35 bits per heavy atom. The van der Waals surface area contributed by atoms with Crippen molar-refractivity contribution in [2.75, 3.05) is 5.73 Å². The highest BCUT2D eigenvalue weighted by Gasteiger charge is 2.06. The molecule has 0 aliphatic rings. The summed E-state index contributed by atoms with van der Waals surface area (Å²) >= 11 is 1.60. The monoisotopic (exact) mass is 247 g/mol. The maximum Gasteiger partial charge on any atom is 0.146 e. The number of hydrogen-bond donors (Lipinski definition) is 1. The van der Waals surface area contributed by atoms with Crippen molar-refractivity contribution in [1.29, 1.82) is 0 Å². The molecule has 2 N–H and O–H groups in total. The molecule has 0 spiro atoms. The lowest BCUT2D eigenvalue weighted by molar-refractivity contribution is 0.738. The van der Waals surface area contributed by atoms with Gasteiger partial charge in [-0.05, 0) is 23.6 Å². The first kappa shape index (κ1) is 12.0. The number of hydrogen-bond acceptors (Lipinski definition) is 3. The van der Waals surface area contributed by atoms with Crippen molar-refractivity contribution in [2.45, 2.75) is 29.7 Å². The molecule has 0 bridgehead atoms. The summed E-state index contributed by atoms with van der Waals surface area (Å²) in [6.07, 6.45) is 1.82. The molecular weight excluding hydrogens is 230 g/mol. The largest absolute Gasteiger partial charge is 0.395 e. The fraction of sp³-hybridized carbons (Fsp3) is 0.308. The molecule has 0 saturated heterocycles. The van der Waals surface area contributed by atoms with Crippen LogP contribution in [0.4, 0.5) is 5.69 Å². The van der Waals surface area contributed by atoms with Gasteiger partial charge in [-0.1, -0.05) is 37.7 Å². The van der Waals surface area contributed by atoms with E-state index >= 15 is 0 Å². The topological polar surface area (TPSA) is 43.8 Å². The molecule has 4 heteroatoms.